The van der Waals surface area contributed by atoms with Crippen LogP contribution in [0.25, 0.3) is 6.08 Å². The maximum absolute atomic E-state index is 12.8. The number of anilines is 1. The summed E-state index contributed by atoms with van der Waals surface area (Å²) in [6.45, 7) is 4.22. The van der Waals surface area contributed by atoms with E-state index in [9.17, 15) is 9.59 Å². The first-order valence-corrected chi connectivity index (χ1v) is 11.7. The molecular formula is C25H31N5O4. The predicted octanol–water partition coefficient (Wildman–Crippen LogP) is 3.19. The summed E-state index contributed by atoms with van der Waals surface area (Å²) in [7, 11) is 1.53. The number of carbonyl (C=O) groups is 2. The van der Waals surface area contributed by atoms with Gasteiger partial charge in [-0.05, 0) is 43.0 Å². The summed E-state index contributed by atoms with van der Waals surface area (Å²) < 4.78 is 10.2. The van der Waals surface area contributed by atoms with Gasteiger partial charge in [-0.2, -0.15) is 0 Å². The second-order valence-electron chi connectivity index (χ2n) is 8.44. The van der Waals surface area contributed by atoms with E-state index in [-0.39, 0.29) is 30.9 Å². The van der Waals surface area contributed by atoms with Crippen LogP contribution >= 0.6 is 0 Å². The summed E-state index contributed by atoms with van der Waals surface area (Å²) in [5, 5.41) is 6.30. The Morgan fingerprint density at radius 2 is 2.15 bits per heavy atom. The molecule has 2 aromatic heterocycles. The van der Waals surface area contributed by atoms with Crippen molar-refractivity contribution in [2.24, 2.45) is 5.92 Å². The van der Waals surface area contributed by atoms with Gasteiger partial charge in [0.25, 0.3) is 0 Å². The maximum atomic E-state index is 12.8. The number of esters is 1. The fourth-order valence-corrected chi connectivity index (χ4v) is 4.07. The van der Waals surface area contributed by atoms with Crippen molar-refractivity contribution in [1.82, 2.24) is 20.2 Å². The van der Waals surface area contributed by atoms with Crippen LogP contribution in [-0.4, -0.2) is 60.2 Å². The molecule has 9 heteroatoms. The highest BCUT2D eigenvalue weighted by Gasteiger charge is 2.31. The Kier molecular flexibility index (Phi) is 7.61. The Morgan fingerprint density at radius 3 is 2.88 bits per heavy atom. The summed E-state index contributed by atoms with van der Waals surface area (Å²) in [4.78, 5) is 35.5. The molecule has 1 saturated heterocycles. The molecule has 0 saturated carbocycles. The maximum Gasteiger partial charge on any atom is 0.317 e. The zero-order valence-electron chi connectivity index (χ0n) is 19.6. The minimum atomic E-state index is -0.535. The molecule has 2 amide bonds. The lowest BCUT2D eigenvalue weighted by Crippen LogP contribution is -2.53. The number of aryl methyl sites for hydroxylation is 1. The van der Waals surface area contributed by atoms with Crippen LogP contribution in [0, 0.1) is 5.92 Å². The van der Waals surface area contributed by atoms with E-state index in [0.29, 0.717) is 24.5 Å². The van der Waals surface area contributed by atoms with E-state index in [2.05, 4.69) is 32.7 Å². The van der Waals surface area contributed by atoms with Crippen LogP contribution in [0.1, 0.15) is 42.6 Å². The average Bonchev–Trinajstić information content (AvgIpc) is 2.82. The SMILES string of the molecule is CCOC(=O)C[C@H](NC(=O)N1CC(C=Cc2ccc3c(n2)NCCC3)C1)c1ccc(OC)nc1. The topological polar surface area (TPSA) is 106 Å². The Labute approximate surface area is 199 Å². The molecule has 0 unspecified atom stereocenters. The second-order valence-corrected chi connectivity index (χ2v) is 8.44. The van der Waals surface area contributed by atoms with Gasteiger partial charge in [-0.15, -0.1) is 0 Å². The summed E-state index contributed by atoms with van der Waals surface area (Å²) in [5.74, 6) is 1.33. The van der Waals surface area contributed by atoms with Crippen molar-refractivity contribution >= 4 is 23.9 Å². The molecule has 0 bridgehead atoms. The van der Waals surface area contributed by atoms with Gasteiger partial charge in [-0.25, -0.2) is 14.8 Å². The van der Waals surface area contributed by atoms with E-state index in [1.165, 1.54) is 12.7 Å². The number of carbonyl (C=O) groups excluding carboxylic acids is 2. The second kappa shape index (κ2) is 11.0. The van der Waals surface area contributed by atoms with Crippen molar-refractivity contribution in [2.75, 3.05) is 38.7 Å². The number of nitrogens with zero attached hydrogens (tertiary/aromatic N) is 3. The number of fused-ring (bicyclic) bond motifs is 1. The van der Waals surface area contributed by atoms with Crippen molar-refractivity contribution < 1.29 is 19.1 Å². The van der Waals surface area contributed by atoms with Crippen LogP contribution < -0.4 is 15.4 Å². The minimum absolute atomic E-state index is 0.0305. The van der Waals surface area contributed by atoms with Crippen LogP contribution in [0.2, 0.25) is 0 Å². The summed E-state index contributed by atoms with van der Waals surface area (Å²) in [6, 6.07) is 6.91. The number of rotatable bonds is 8. The molecule has 1 fully saturated rings. The van der Waals surface area contributed by atoms with E-state index in [0.717, 1.165) is 30.9 Å². The summed E-state index contributed by atoms with van der Waals surface area (Å²) >= 11 is 0. The number of pyridine rings is 2. The molecule has 0 spiro atoms. The Bertz CT molecular complexity index is 1030. The van der Waals surface area contributed by atoms with Crippen molar-refractivity contribution in [2.45, 2.75) is 32.2 Å². The predicted molar refractivity (Wildman–Crippen MR) is 128 cm³/mol. The van der Waals surface area contributed by atoms with Gasteiger partial charge in [0.05, 0.1) is 31.9 Å². The number of amides is 2. The molecule has 180 valence electrons. The number of hydrogen-bond donors (Lipinski definition) is 2. The molecule has 4 heterocycles. The number of hydrogen-bond acceptors (Lipinski definition) is 7. The molecule has 2 aromatic rings. The molecule has 0 radical (unpaired) electrons. The van der Waals surface area contributed by atoms with Gasteiger partial charge in [-0.1, -0.05) is 18.2 Å². The quantitative estimate of drug-likeness (QED) is 0.577. The molecule has 2 N–H and O–H groups in total. The highest BCUT2D eigenvalue weighted by Crippen LogP contribution is 2.24. The molecule has 4 rings (SSSR count). The third-order valence-electron chi connectivity index (χ3n) is 6.00. The first-order valence-electron chi connectivity index (χ1n) is 11.7. The summed E-state index contributed by atoms with van der Waals surface area (Å²) in [6.07, 6.45) is 7.96. The number of aromatic nitrogens is 2. The number of likely N-dealkylation sites (tertiary alicyclic amines) is 1. The van der Waals surface area contributed by atoms with Crippen LogP contribution in [0.3, 0.4) is 0 Å². The van der Waals surface area contributed by atoms with Gasteiger partial charge in [0.2, 0.25) is 5.88 Å². The molecule has 0 aromatic carbocycles. The van der Waals surface area contributed by atoms with Crippen molar-refractivity contribution in [1.29, 1.82) is 0 Å². The highest BCUT2D eigenvalue weighted by molar-refractivity contribution is 5.77. The zero-order valence-corrected chi connectivity index (χ0v) is 19.6. The van der Waals surface area contributed by atoms with Crippen molar-refractivity contribution in [3.63, 3.8) is 0 Å². The fraction of sp³-hybridized carbons (Fsp3) is 0.440. The van der Waals surface area contributed by atoms with E-state index in [1.807, 2.05) is 12.1 Å². The molecule has 2 aliphatic rings. The van der Waals surface area contributed by atoms with Crippen LogP contribution in [0.15, 0.2) is 36.5 Å². The van der Waals surface area contributed by atoms with Crippen LogP contribution in [-0.2, 0) is 16.0 Å². The van der Waals surface area contributed by atoms with E-state index in [1.54, 1.807) is 30.2 Å². The Balaban J connectivity index is 1.32. The number of ether oxygens (including phenoxy) is 2. The van der Waals surface area contributed by atoms with Gasteiger partial charge in [-0.3, -0.25) is 4.79 Å². The van der Waals surface area contributed by atoms with Gasteiger partial charge in [0, 0.05) is 37.8 Å². The third kappa shape index (κ3) is 5.84. The molecule has 1 atom stereocenters. The number of urea groups is 1. The molecule has 9 nitrogen and oxygen atoms in total. The van der Waals surface area contributed by atoms with E-state index < -0.39 is 6.04 Å². The van der Waals surface area contributed by atoms with Gasteiger partial charge < -0.3 is 25.0 Å². The minimum Gasteiger partial charge on any atom is -0.481 e. The van der Waals surface area contributed by atoms with Gasteiger partial charge in [0.15, 0.2) is 0 Å². The molecular weight excluding hydrogens is 434 g/mol. The molecule has 0 aliphatic carbocycles. The van der Waals surface area contributed by atoms with Crippen LogP contribution in [0.4, 0.5) is 10.6 Å². The lowest BCUT2D eigenvalue weighted by Gasteiger charge is -2.38. The number of methoxy groups -OCH3 is 1. The normalized spacial score (nSPS) is 16.2. The first-order chi connectivity index (χ1) is 16.6. The van der Waals surface area contributed by atoms with Gasteiger partial charge >= 0.3 is 12.0 Å². The lowest BCUT2D eigenvalue weighted by atomic mass is 9.99. The highest BCUT2D eigenvalue weighted by atomic mass is 16.5. The fourth-order valence-electron chi connectivity index (χ4n) is 4.07. The van der Waals surface area contributed by atoms with E-state index >= 15 is 0 Å². The zero-order chi connectivity index (χ0) is 23.9. The van der Waals surface area contributed by atoms with Crippen molar-refractivity contribution in [3.8, 4) is 5.88 Å². The Hall–Kier alpha value is -3.62. The average molecular weight is 466 g/mol. The lowest BCUT2D eigenvalue weighted by molar-refractivity contribution is -0.143. The third-order valence-corrected chi connectivity index (χ3v) is 6.00. The van der Waals surface area contributed by atoms with E-state index in [4.69, 9.17) is 9.47 Å². The standard InChI is InChI=1S/C25H31N5O4/c1-3-34-23(31)13-21(19-8-11-22(33-2)27-14-19)29-25(32)30-15-17(16-30)6-9-20-10-7-18-5-4-12-26-24(18)28-20/h6-11,14,17,21H,3-5,12-13,15-16H2,1-2H3,(H,26,28)(H,29,32)/t21-/m0/s1. The number of nitrogens with one attached hydrogen (secondary N) is 2. The summed E-state index contributed by atoms with van der Waals surface area (Å²) in [5.41, 5.74) is 2.89. The molecule has 2 aliphatic heterocycles. The largest absolute Gasteiger partial charge is 0.481 e. The van der Waals surface area contributed by atoms with Crippen molar-refractivity contribution in [3.05, 3.63) is 53.4 Å². The van der Waals surface area contributed by atoms with Gasteiger partial charge in [0.1, 0.15) is 5.82 Å². The monoisotopic (exact) mass is 465 g/mol. The molecule has 34 heavy (non-hydrogen) atoms. The smallest absolute Gasteiger partial charge is 0.317 e. The first kappa shape index (κ1) is 23.5. The van der Waals surface area contributed by atoms with Crippen LogP contribution in [0.5, 0.6) is 5.88 Å². The Morgan fingerprint density at radius 1 is 1.29 bits per heavy atom.